The number of aromatic nitrogens is 3. The summed E-state index contributed by atoms with van der Waals surface area (Å²) in [4.78, 5) is 4.09. The fraction of sp³-hybridized carbons (Fsp3) is 0.500. The fourth-order valence-corrected chi connectivity index (χ4v) is 1.88. The average Bonchev–Trinajstić information content (AvgIpc) is 2.90. The number of fused-ring (bicyclic) bond motifs is 1. The maximum absolute atomic E-state index is 12.6. The van der Waals surface area contributed by atoms with Crippen molar-refractivity contribution in [3.05, 3.63) is 24.2 Å². The van der Waals surface area contributed by atoms with Crippen molar-refractivity contribution in [2.45, 2.75) is 25.9 Å². The van der Waals surface area contributed by atoms with E-state index in [9.17, 15) is 13.2 Å². The van der Waals surface area contributed by atoms with Gasteiger partial charge in [0.05, 0.1) is 0 Å². The first-order valence-corrected chi connectivity index (χ1v) is 6.03. The maximum Gasteiger partial charge on any atom is 0.435 e. The van der Waals surface area contributed by atoms with Crippen molar-refractivity contribution in [2.24, 2.45) is 5.41 Å². The smallest absolute Gasteiger partial charge is 0.368 e. The summed E-state index contributed by atoms with van der Waals surface area (Å²) >= 11 is 0. The Kier molecular flexibility index (Phi) is 2.48. The van der Waals surface area contributed by atoms with E-state index < -0.39 is 11.9 Å². The van der Waals surface area contributed by atoms with Crippen LogP contribution in [0.2, 0.25) is 0 Å². The number of rotatable bonds is 3. The molecule has 1 N–H and O–H groups in total. The van der Waals surface area contributed by atoms with Crippen molar-refractivity contribution in [3.63, 3.8) is 0 Å². The van der Waals surface area contributed by atoms with Crippen LogP contribution in [0.4, 0.5) is 19.0 Å². The molecule has 0 unspecified atom stereocenters. The van der Waals surface area contributed by atoms with E-state index in [1.54, 1.807) is 0 Å². The van der Waals surface area contributed by atoms with Crippen LogP contribution < -0.4 is 5.32 Å². The van der Waals surface area contributed by atoms with Crippen LogP contribution in [-0.2, 0) is 6.18 Å². The van der Waals surface area contributed by atoms with Crippen LogP contribution in [-0.4, -0.2) is 21.1 Å². The highest BCUT2D eigenvalue weighted by atomic mass is 19.4. The van der Waals surface area contributed by atoms with E-state index >= 15 is 0 Å². The standard InChI is InChI=1S/C12H13F3N4/c1-11(2-3-11)7-17-10-8-6-9(12(13,14)15)18-19(8)5-4-16-10/h4-6H,2-3,7H2,1H3,(H,16,17). The van der Waals surface area contributed by atoms with E-state index in [0.717, 1.165) is 18.9 Å². The molecular weight excluding hydrogens is 257 g/mol. The molecule has 1 aliphatic rings. The number of halogens is 3. The van der Waals surface area contributed by atoms with Gasteiger partial charge in [0.15, 0.2) is 11.5 Å². The number of hydrogen-bond donors (Lipinski definition) is 1. The van der Waals surface area contributed by atoms with Gasteiger partial charge < -0.3 is 5.32 Å². The highest BCUT2D eigenvalue weighted by Gasteiger charge is 2.37. The van der Waals surface area contributed by atoms with Gasteiger partial charge in [-0.05, 0) is 18.3 Å². The Hall–Kier alpha value is -1.79. The van der Waals surface area contributed by atoms with Crippen LogP contribution in [0.3, 0.4) is 0 Å². The first-order chi connectivity index (χ1) is 8.87. The van der Waals surface area contributed by atoms with Gasteiger partial charge in [0.1, 0.15) is 5.52 Å². The zero-order chi connectivity index (χ0) is 13.7. The second-order valence-corrected chi connectivity index (χ2v) is 5.30. The van der Waals surface area contributed by atoms with Gasteiger partial charge in [-0.1, -0.05) is 6.92 Å². The normalized spacial score (nSPS) is 17.7. The maximum atomic E-state index is 12.6. The van der Waals surface area contributed by atoms with Gasteiger partial charge in [-0.2, -0.15) is 18.3 Å². The molecule has 0 aliphatic heterocycles. The number of anilines is 1. The lowest BCUT2D eigenvalue weighted by atomic mass is 10.1. The molecule has 1 aliphatic carbocycles. The summed E-state index contributed by atoms with van der Waals surface area (Å²) in [5.41, 5.74) is -0.304. The van der Waals surface area contributed by atoms with Crippen LogP contribution in [0.1, 0.15) is 25.5 Å². The zero-order valence-electron chi connectivity index (χ0n) is 10.3. The lowest BCUT2D eigenvalue weighted by Crippen LogP contribution is -2.13. The predicted octanol–water partition coefficient (Wildman–Crippen LogP) is 2.96. The third-order valence-electron chi connectivity index (χ3n) is 3.47. The Morgan fingerprint density at radius 3 is 2.79 bits per heavy atom. The second-order valence-electron chi connectivity index (χ2n) is 5.30. The summed E-state index contributed by atoms with van der Waals surface area (Å²) in [6, 6.07) is 1.02. The lowest BCUT2D eigenvalue weighted by molar-refractivity contribution is -0.141. The van der Waals surface area contributed by atoms with Crippen molar-refractivity contribution < 1.29 is 13.2 Å². The molecule has 0 spiro atoms. The molecule has 102 valence electrons. The summed E-state index contributed by atoms with van der Waals surface area (Å²) in [5, 5.41) is 6.63. The quantitative estimate of drug-likeness (QED) is 0.932. The molecule has 19 heavy (non-hydrogen) atoms. The molecule has 0 saturated heterocycles. The van der Waals surface area contributed by atoms with E-state index in [1.807, 2.05) is 0 Å². The summed E-state index contributed by atoms with van der Waals surface area (Å²) < 4.78 is 39.1. The Labute approximate surface area is 107 Å². The molecule has 4 nitrogen and oxygen atoms in total. The molecule has 0 bridgehead atoms. The SMILES string of the molecule is CC1(CNc2nccn3nc(C(F)(F)F)cc23)CC1. The molecule has 1 fully saturated rings. The minimum Gasteiger partial charge on any atom is -0.368 e. The summed E-state index contributed by atoms with van der Waals surface area (Å²) in [5.74, 6) is 0.443. The Bertz CT molecular complexity index is 613. The highest BCUT2D eigenvalue weighted by molar-refractivity contribution is 5.68. The monoisotopic (exact) mass is 270 g/mol. The van der Waals surface area contributed by atoms with Gasteiger partial charge in [-0.3, -0.25) is 0 Å². The van der Waals surface area contributed by atoms with Crippen molar-refractivity contribution in [1.82, 2.24) is 14.6 Å². The lowest BCUT2D eigenvalue weighted by Gasteiger charge is -2.10. The summed E-state index contributed by atoms with van der Waals surface area (Å²) in [6.07, 6.45) is 0.685. The predicted molar refractivity (Wildman–Crippen MR) is 63.8 cm³/mol. The van der Waals surface area contributed by atoms with Gasteiger partial charge in [-0.25, -0.2) is 9.50 Å². The van der Waals surface area contributed by atoms with E-state index in [-0.39, 0.29) is 5.41 Å². The fourth-order valence-electron chi connectivity index (χ4n) is 1.88. The first kappa shape index (κ1) is 12.3. The van der Waals surface area contributed by atoms with E-state index in [2.05, 4.69) is 22.3 Å². The molecule has 0 atom stereocenters. The van der Waals surface area contributed by atoms with Gasteiger partial charge in [0.2, 0.25) is 0 Å². The second kappa shape index (κ2) is 3.85. The van der Waals surface area contributed by atoms with Crippen molar-refractivity contribution in [3.8, 4) is 0 Å². The van der Waals surface area contributed by atoms with E-state index in [1.165, 1.54) is 16.9 Å². The van der Waals surface area contributed by atoms with Crippen LogP contribution in [0.5, 0.6) is 0 Å². The molecule has 3 rings (SSSR count). The molecule has 7 heteroatoms. The van der Waals surface area contributed by atoms with Crippen LogP contribution in [0.25, 0.3) is 5.52 Å². The van der Waals surface area contributed by atoms with Crippen molar-refractivity contribution in [1.29, 1.82) is 0 Å². The Morgan fingerprint density at radius 1 is 1.42 bits per heavy atom. The van der Waals surface area contributed by atoms with Gasteiger partial charge in [-0.15, -0.1) is 0 Å². The molecular formula is C12H13F3N4. The average molecular weight is 270 g/mol. The van der Waals surface area contributed by atoms with Gasteiger partial charge in [0.25, 0.3) is 0 Å². The molecule has 2 aromatic heterocycles. The third-order valence-corrected chi connectivity index (χ3v) is 3.47. The number of nitrogens with one attached hydrogen (secondary N) is 1. The van der Waals surface area contributed by atoms with E-state index in [0.29, 0.717) is 17.9 Å². The molecule has 0 amide bonds. The molecule has 0 aromatic carbocycles. The van der Waals surface area contributed by atoms with Gasteiger partial charge in [0, 0.05) is 25.0 Å². The topological polar surface area (TPSA) is 42.2 Å². The molecule has 2 aromatic rings. The number of hydrogen-bond acceptors (Lipinski definition) is 3. The Balaban J connectivity index is 1.93. The number of alkyl halides is 3. The highest BCUT2D eigenvalue weighted by Crippen LogP contribution is 2.44. The molecule has 0 radical (unpaired) electrons. The van der Waals surface area contributed by atoms with Crippen LogP contribution >= 0.6 is 0 Å². The minimum absolute atomic E-state index is 0.251. The van der Waals surface area contributed by atoms with E-state index in [4.69, 9.17) is 0 Å². The van der Waals surface area contributed by atoms with Gasteiger partial charge >= 0.3 is 6.18 Å². The van der Waals surface area contributed by atoms with Crippen LogP contribution in [0.15, 0.2) is 18.5 Å². The number of nitrogens with zero attached hydrogens (tertiary/aromatic N) is 3. The largest absolute Gasteiger partial charge is 0.435 e. The van der Waals surface area contributed by atoms with Crippen molar-refractivity contribution >= 4 is 11.3 Å². The first-order valence-electron chi connectivity index (χ1n) is 6.03. The van der Waals surface area contributed by atoms with Crippen molar-refractivity contribution in [2.75, 3.05) is 11.9 Å². The zero-order valence-corrected chi connectivity index (χ0v) is 10.3. The third kappa shape index (κ3) is 2.36. The minimum atomic E-state index is -4.44. The Morgan fingerprint density at radius 2 is 2.16 bits per heavy atom. The summed E-state index contributed by atoms with van der Waals surface area (Å²) in [6.45, 7) is 2.85. The summed E-state index contributed by atoms with van der Waals surface area (Å²) in [7, 11) is 0. The molecule has 2 heterocycles. The van der Waals surface area contributed by atoms with Crippen LogP contribution in [0, 0.1) is 5.41 Å². The molecule has 1 saturated carbocycles.